The van der Waals surface area contributed by atoms with Crippen molar-refractivity contribution in [2.45, 2.75) is 25.7 Å². The average molecular weight is 375 g/mol. The molecule has 0 radical (unpaired) electrons. The van der Waals surface area contributed by atoms with Crippen molar-refractivity contribution in [1.82, 2.24) is 5.06 Å². The van der Waals surface area contributed by atoms with Gasteiger partial charge in [-0.1, -0.05) is 35.9 Å². The van der Waals surface area contributed by atoms with Crippen LogP contribution in [0.15, 0.2) is 42.5 Å². The van der Waals surface area contributed by atoms with Crippen LogP contribution in [-0.4, -0.2) is 31.9 Å². The van der Waals surface area contributed by atoms with Crippen LogP contribution in [0, 0.1) is 5.92 Å². The van der Waals surface area contributed by atoms with E-state index in [2.05, 4.69) is 17.2 Å². The van der Waals surface area contributed by atoms with Gasteiger partial charge in [0.15, 0.2) is 0 Å². The second kappa shape index (κ2) is 9.26. The summed E-state index contributed by atoms with van der Waals surface area (Å²) < 4.78 is 5.22. The topological polar surface area (TPSA) is 47.7 Å². The number of piperidine rings is 1. The Labute approximate surface area is 160 Å². The van der Waals surface area contributed by atoms with Gasteiger partial charge in [-0.05, 0) is 54.9 Å². The van der Waals surface area contributed by atoms with Crippen molar-refractivity contribution in [2.24, 2.45) is 5.92 Å². The molecule has 0 atom stereocenters. The molecule has 0 saturated carbocycles. The first-order valence-corrected chi connectivity index (χ1v) is 9.57. The number of anilines is 1. The van der Waals surface area contributed by atoms with Crippen molar-refractivity contribution in [3.63, 3.8) is 0 Å². The smallest absolute Gasteiger partial charge is 0.120 e. The normalized spacial score (nSPS) is 15.9. The van der Waals surface area contributed by atoms with Gasteiger partial charge in [0.25, 0.3) is 0 Å². The molecule has 0 unspecified atom stereocenters. The Morgan fingerprint density at radius 1 is 1.12 bits per heavy atom. The standard InChI is InChI=1S/C21H27ClN2O2/c1-25-19-7-6-18(21(23)15-19)14-16-8-11-24(12-9-16)26-13-10-17-4-2-3-5-20(17)22/h2-7,15-16H,8-14,23H2,1H3. The first-order chi connectivity index (χ1) is 12.7. The average Bonchev–Trinajstić information content (AvgIpc) is 2.66. The van der Waals surface area contributed by atoms with Gasteiger partial charge in [-0.2, -0.15) is 5.06 Å². The molecule has 1 aliphatic rings. The number of nitrogen functional groups attached to an aromatic ring is 1. The largest absolute Gasteiger partial charge is 0.497 e. The highest BCUT2D eigenvalue weighted by Crippen LogP contribution is 2.27. The zero-order valence-corrected chi connectivity index (χ0v) is 16.0. The quantitative estimate of drug-likeness (QED) is 0.731. The Morgan fingerprint density at radius 3 is 2.58 bits per heavy atom. The molecule has 0 bridgehead atoms. The van der Waals surface area contributed by atoms with E-state index in [1.165, 1.54) is 5.56 Å². The van der Waals surface area contributed by atoms with Gasteiger partial charge in [0.1, 0.15) is 5.75 Å². The van der Waals surface area contributed by atoms with Crippen molar-refractivity contribution in [2.75, 3.05) is 32.5 Å². The van der Waals surface area contributed by atoms with Crippen LogP contribution >= 0.6 is 11.6 Å². The molecule has 2 aromatic rings. The van der Waals surface area contributed by atoms with Crippen LogP contribution in [0.5, 0.6) is 5.75 Å². The Morgan fingerprint density at radius 2 is 1.88 bits per heavy atom. The maximum atomic E-state index is 6.19. The van der Waals surface area contributed by atoms with Crippen LogP contribution in [0.1, 0.15) is 24.0 Å². The fraction of sp³-hybridized carbons (Fsp3) is 0.429. The Kier molecular flexibility index (Phi) is 6.78. The van der Waals surface area contributed by atoms with E-state index in [9.17, 15) is 0 Å². The van der Waals surface area contributed by atoms with E-state index in [-0.39, 0.29) is 0 Å². The molecule has 26 heavy (non-hydrogen) atoms. The lowest BCUT2D eigenvalue weighted by molar-refractivity contribution is -0.173. The number of nitrogens with two attached hydrogens (primary N) is 1. The minimum absolute atomic E-state index is 0.647. The molecule has 2 N–H and O–H groups in total. The monoisotopic (exact) mass is 374 g/mol. The number of ether oxygens (including phenoxy) is 1. The van der Waals surface area contributed by atoms with Crippen LogP contribution < -0.4 is 10.5 Å². The van der Waals surface area contributed by atoms with Gasteiger partial charge in [0.05, 0.1) is 13.7 Å². The molecule has 1 saturated heterocycles. The molecular weight excluding hydrogens is 348 g/mol. The second-order valence-electron chi connectivity index (χ2n) is 6.82. The Bertz CT molecular complexity index is 715. The predicted octanol–water partition coefficient (Wildman–Crippen LogP) is 4.36. The van der Waals surface area contributed by atoms with Gasteiger partial charge in [-0.3, -0.25) is 4.84 Å². The molecule has 140 valence electrons. The molecule has 0 spiro atoms. The molecule has 3 rings (SSSR count). The lowest BCUT2D eigenvalue weighted by atomic mass is 9.90. The van der Waals surface area contributed by atoms with Crippen LogP contribution in [0.2, 0.25) is 5.02 Å². The Hall–Kier alpha value is -1.75. The third kappa shape index (κ3) is 5.13. The van der Waals surface area contributed by atoms with E-state index in [0.29, 0.717) is 12.5 Å². The SMILES string of the molecule is COc1ccc(CC2CCN(OCCc3ccccc3Cl)CC2)c(N)c1. The molecular formula is C21H27ClN2O2. The van der Waals surface area contributed by atoms with Crippen molar-refractivity contribution in [1.29, 1.82) is 0 Å². The first-order valence-electron chi connectivity index (χ1n) is 9.19. The highest BCUT2D eigenvalue weighted by molar-refractivity contribution is 6.31. The van der Waals surface area contributed by atoms with Crippen LogP contribution in [0.4, 0.5) is 5.69 Å². The summed E-state index contributed by atoms with van der Waals surface area (Å²) in [6.45, 7) is 2.59. The summed E-state index contributed by atoms with van der Waals surface area (Å²) in [5.41, 5.74) is 9.32. The van der Waals surface area contributed by atoms with E-state index in [1.54, 1.807) is 7.11 Å². The molecule has 2 aromatic carbocycles. The summed E-state index contributed by atoms with van der Waals surface area (Å²) in [6, 6.07) is 13.9. The lowest BCUT2D eigenvalue weighted by Crippen LogP contribution is -2.35. The second-order valence-corrected chi connectivity index (χ2v) is 7.22. The fourth-order valence-electron chi connectivity index (χ4n) is 3.43. The third-order valence-corrected chi connectivity index (χ3v) is 5.41. The van der Waals surface area contributed by atoms with Crippen molar-refractivity contribution in [3.8, 4) is 5.75 Å². The van der Waals surface area contributed by atoms with Gasteiger partial charge in [-0.25, -0.2) is 0 Å². The van der Waals surface area contributed by atoms with Gasteiger partial charge >= 0.3 is 0 Å². The molecule has 1 heterocycles. The van der Waals surface area contributed by atoms with E-state index in [4.69, 9.17) is 26.9 Å². The summed E-state index contributed by atoms with van der Waals surface area (Å²) >= 11 is 6.19. The number of rotatable bonds is 7. The summed E-state index contributed by atoms with van der Waals surface area (Å²) in [6.07, 6.45) is 4.10. The third-order valence-electron chi connectivity index (χ3n) is 5.04. The molecule has 4 nitrogen and oxygen atoms in total. The van der Waals surface area contributed by atoms with E-state index in [1.807, 2.05) is 30.3 Å². The van der Waals surface area contributed by atoms with Crippen LogP contribution in [0.25, 0.3) is 0 Å². The summed E-state index contributed by atoms with van der Waals surface area (Å²) in [5.74, 6) is 1.46. The number of halogens is 1. The van der Waals surface area contributed by atoms with Gasteiger partial charge in [0, 0.05) is 29.9 Å². The Balaban J connectivity index is 1.41. The van der Waals surface area contributed by atoms with E-state index >= 15 is 0 Å². The number of nitrogens with zero attached hydrogens (tertiary/aromatic N) is 1. The first kappa shape index (κ1) is 19.0. The maximum absolute atomic E-state index is 6.19. The van der Waals surface area contributed by atoms with Crippen LogP contribution in [-0.2, 0) is 17.7 Å². The molecule has 5 heteroatoms. The number of benzene rings is 2. The number of methoxy groups -OCH3 is 1. The zero-order valence-electron chi connectivity index (χ0n) is 15.3. The van der Waals surface area contributed by atoms with Gasteiger partial charge < -0.3 is 10.5 Å². The molecule has 1 fully saturated rings. The summed E-state index contributed by atoms with van der Waals surface area (Å²) in [7, 11) is 1.66. The minimum Gasteiger partial charge on any atom is -0.497 e. The minimum atomic E-state index is 0.647. The fourth-order valence-corrected chi connectivity index (χ4v) is 3.66. The molecule has 1 aliphatic heterocycles. The van der Waals surface area contributed by atoms with Crippen molar-refractivity contribution in [3.05, 3.63) is 58.6 Å². The van der Waals surface area contributed by atoms with E-state index in [0.717, 1.165) is 60.8 Å². The highest BCUT2D eigenvalue weighted by atomic mass is 35.5. The van der Waals surface area contributed by atoms with Gasteiger partial charge in [0.2, 0.25) is 0 Å². The number of hydroxylamine groups is 2. The molecule has 0 aliphatic carbocycles. The number of hydrogen-bond acceptors (Lipinski definition) is 4. The number of hydrogen-bond donors (Lipinski definition) is 1. The summed E-state index contributed by atoms with van der Waals surface area (Å²) in [4.78, 5) is 5.93. The van der Waals surface area contributed by atoms with Crippen molar-refractivity contribution >= 4 is 17.3 Å². The van der Waals surface area contributed by atoms with Crippen molar-refractivity contribution < 1.29 is 9.57 Å². The summed E-state index contributed by atoms with van der Waals surface area (Å²) in [5, 5.41) is 2.90. The van der Waals surface area contributed by atoms with Gasteiger partial charge in [-0.15, -0.1) is 0 Å². The zero-order chi connectivity index (χ0) is 18.4. The van der Waals surface area contributed by atoms with Crippen LogP contribution in [0.3, 0.4) is 0 Å². The molecule has 0 amide bonds. The van der Waals surface area contributed by atoms with E-state index < -0.39 is 0 Å². The lowest BCUT2D eigenvalue weighted by Gasteiger charge is -2.31. The predicted molar refractivity (Wildman–Crippen MR) is 107 cm³/mol. The molecule has 0 aromatic heterocycles. The maximum Gasteiger partial charge on any atom is 0.120 e. The highest BCUT2D eigenvalue weighted by Gasteiger charge is 2.20.